The summed E-state index contributed by atoms with van der Waals surface area (Å²) >= 11 is 7.21. The lowest BCUT2D eigenvalue weighted by atomic mass is 10.2. The second-order valence-electron chi connectivity index (χ2n) is 4.76. The van der Waals surface area contributed by atoms with Crippen LogP contribution in [0.1, 0.15) is 11.3 Å². The number of nitro benzene ring substituents is 1. The predicted molar refractivity (Wildman–Crippen MR) is 90.6 cm³/mol. The maximum atomic E-state index is 11.8. The lowest BCUT2D eigenvalue weighted by molar-refractivity contribution is -0.384. The second-order valence-corrected chi connectivity index (χ2v) is 6.04. The van der Waals surface area contributed by atoms with Gasteiger partial charge in [-0.2, -0.15) is 5.10 Å². The van der Waals surface area contributed by atoms with Gasteiger partial charge in [0.15, 0.2) is 4.96 Å². The van der Waals surface area contributed by atoms with E-state index in [1.807, 2.05) is 16.0 Å². The highest BCUT2D eigenvalue weighted by Crippen LogP contribution is 2.24. The molecule has 3 aromatic rings. The Kier molecular flexibility index (Phi) is 4.54. The van der Waals surface area contributed by atoms with Crippen LogP contribution >= 0.6 is 22.9 Å². The molecule has 0 radical (unpaired) electrons. The van der Waals surface area contributed by atoms with Crippen molar-refractivity contribution in [2.45, 2.75) is 6.42 Å². The zero-order valence-electron chi connectivity index (χ0n) is 12.0. The lowest BCUT2D eigenvalue weighted by Gasteiger charge is -1.98. The number of amides is 1. The molecule has 0 saturated heterocycles. The van der Waals surface area contributed by atoms with Gasteiger partial charge in [0.2, 0.25) is 5.91 Å². The first-order valence-corrected chi connectivity index (χ1v) is 7.95. The van der Waals surface area contributed by atoms with Crippen LogP contribution in [0.15, 0.2) is 41.1 Å². The number of fused-ring (bicyclic) bond motifs is 1. The van der Waals surface area contributed by atoms with Gasteiger partial charge in [-0.05, 0) is 6.07 Å². The predicted octanol–water partition coefficient (Wildman–Crippen LogP) is 2.65. The number of benzene rings is 1. The van der Waals surface area contributed by atoms with Crippen LogP contribution in [-0.2, 0) is 11.2 Å². The van der Waals surface area contributed by atoms with E-state index in [1.165, 1.54) is 29.7 Å². The molecular weight excluding hydrogens is 354 g/mol. The van der Waals surface area contributed by atoms with Crippen LogP contribution in [0.2, 0.25) is 5.02 Å². The summed E-state index contributed by atoms with van der Waals surface area (Å²) in [5, 5.41) is 16.5. The van der Waals surface area contributed by atoms with Gasteiger partial charge >= 0.3 is 0 Å². The third-order valence-corrected chi connectivity index (χ3v) is 4.14. The number of hydrazone groups is 1. The maximum absolute atomic E-state index is 11.8. The molecule has 0 aliphatic carbocycles. The molecule has 0 spiro atoms. The Morgan fingerprint density at radius 2 is 2.38 bits per heavy atom. The average Bonchev–Trinajstić information content (AvgIpc) is 3.09. The topological polar surface area (TPSA) is 102 Å². The second kappa shape index (κ2) is 6.77. The Morgan fingerprint density at radius 3 is 3.12 bits per heavy atom. The van der Waals surface area contributed by atoms with E-state index in [9.17, 15) is 14.9 Å². The SMILES string of the molecule is O=C(Cc1cn2ccsc2n1)N/N=C/c1ccc(Cl)c([N+](=O)[O-])c1. The summed E-state index contributed by atoms with van der Waals surface area (Å²) in [4.78, 5) is 27.2. The van der Waals surface area contributed by atoms with Gasteiger partial charge in [0, 0.05) is 29.4 Å². The fourth-order valence-electron chi connectivity index (χ4n) is 1.99. The van der Waals surface area contributed by atoms with Gasteiger partial charge in [0.25, 0.3) is 5.69 Å². The molecule has 3 rings (SSSR count). The minimum Gasteiger partial charge on any atom is -0.297 e. The number of nitrogens with zero attached hydrogens (tertiary/aromatic N) is 4. The molecule has 24 heavy (non-hydrogen) atoms. The van der Waals surface area contributed by atoms with Crippen LogP contribution in [0.3, 0.4) is 0 Å². The normalized spacial score (nSPS) is 11.2. The Hall–Kier alpha value is -2.78. The number of imidazole rings is 1. The van der Waals surface area contributed by atoms with Gasteiger partial charge in [-0.1, -0.05) is 17.7 Å². The quantitative estimate of drug-likeness (QED) is 0.427. The summed E-state index contributed by atoms with van der Waals surface area (Å²) in [5.41, 5.74) is 3.23. The zero-order chi connectivity index (χ0) is 17.1. The monoisotopic (exact) mass is 363 g/mol. The van der Waals surface area contributed by atoms with E-state index < -0.39 is 4.92 Å². The molecule has 0 unspecified atom stereocenters. The molecule has 1 aromatic carbocycles. The first-order valence-electron chi connectivity index (χ1n) is 6.70. The molecular formula is C14H10ClN5O3S. The summed E-state index contributed by atoms with van der Waals surface area (Å²) < 4.78 is 1.84. The third kappa shape index (κ3) is 3.58. The standard InChI is InChI=1S/C14H10ClN5O3S/c15-11-2-1-9(5-12(11)20(22)23)7-16-18-13(21)6-10-8-19-3-4-24-14(19)17-10/h1-5,7-8H,6H2,(H,18,21)/b16-7+. The fraction of sp³-hybridized carbons (Fsp3) is 0.0714. The highest BCUT2D eigenvalue weighted by atomic mass is 35.5. The summed E-state index contributed by atoms with van der Waals surface area (Å²) in [7, 11) is 0. The summed E-state index contributed by atoms with van der Waals surface area (Å²) in [5.74, 6) is -0.333. The van der Waals surface area contributed by atoms with Gasteiger partial charge in [-0.3, -0.25) is 19.3 Å². The number of carbonyl (C=O) groups is 1. The molecule has 122 valence electrons. The number of hydrogen-bond donors (Lipinski definition) is 1. The highest BCUT2D eigenvalue weighted by molar-refractivity contribution is 7.15. The number of carbonyl (C=O) groups excluding carboxylic acids is 1. The molecule has 0 saturated carbocycles. The van der Waals surface area contributed by atoms with Crippen molar-refractivity contribution in [1.82, 2.24) is 14.8 Å². The summed E-state index contributed by atoms with van der Waals surface area (Å²) in [6.07, 6.45) is 5.04. The molecule has 0 bridgehead atoms. The molecule has 1 amide bonds. The van der Waals surface area contributed by atoms with Crippen LogP contribution < -0.4 is 5.43 Å². The number of nitro groups is 1. The van der Waals surface area contributed by atoms with Crippen molar-refractivity contribution in [2.75, 3.05) is 0 Å². The Balaban J connectivity index is 1.61. The molecule has 10 heteroatoms. The van der Waals surface area contributed by atoms with Crippen LogP contribution in [-0.4, -0.2) is 26.4 Å². The number of nitrogens with one attached hydrogen (secondary N) is 1. The van der Waals surface area contributed by atoms with Gasteiger partial charge in [0.1, 0.15) is 5.02 Å². The molecule has 2 aromatic heterocycles. The van der Waals surface area contributed by atoms with Crippen molar-refractivity contribution < 1.29 is 9.72 Å². The van der Waals surface area contributed by atoms with Gasteiger partial charge < -0.3 is 0 Å². The van der Waals surface area contributed by atoms with E-state index in [-0.39, 0.29) is 23.0 Å². The number of aromatic nitrogens is 2. The van der Waals surface area contributed by atoms with Crippen molar-refractivity contribution in [1.29, 1.82) is 0 Å². The Labute approximate surface area is 144 Å². The Morgan fingerprint density at radius 1 is 1.54 bits per heavy atom. The van der Waals surface area contributed by atoms with Crippen LogP contribution in [0.5, 0.6) is 0 Å². The molecule has 8 nitrogen and oxygen atoms in total. The lowest BCUT2D eigenvalue weighted by Crippen LogP contribution is -2.19. The van der Waals surface area contributed by atoms with E-state index in [2.05, 4.69) is 15.5 Å². The summed E-state index contributed by atoms with van der Waals surface area (Å²) in [6.45, 7) is 0. The number of rotatable bonds is 5. The summed E-state index contributed by atoms with van der Waals surface area (Å²) in [6, 6.07) is 4.25. The minimum absolute atomic E-state index is 0.0425. The average molecular weight is 364 g/mol. The van der Waals surface area contributed by atoms with Gasteiger partial charge in [0.05, 0.1) is 23.3 Å². The van der Waals surface area contributed by atoms with Gasteiger partial charge in [-0.25, -0.2) is 10.4 Å². The molecule has 0 aliphatic heterocycles. The van der Waals surface area contributed by atoms with Crippen molar-refractivity contribution in [2.24, 2.45) is 5.10 Å². The molecule has 0 aliphatic rings. The van der Waals surface area contributed by atoms with Crippen molar-refractivity contribution in [3.8, 4) is 0 Å². The largest absolute Gasteiger partial charge is 0.297 e. The fourth-order valence-corrected chi connectivity index (χ4v) is 2.90. The molecule has 1 N–H and O–H groups in total. The van der Waals surface area contributed by atoms with E-state index in [4.69, 9.17) is 11.6 Å². The molecule has 2 heterocycles. The van der Waals surface area contributed by atoms with Crippen molar-refractivity contribution in [3.05, 3.63) is 62.4 Å². The number of halogens is 1. The van der Waals surface area contributed by atoms with Crippen molar-refractivity contribution in [3.63, 3.8) is 0 Å². The van der Waals surface area contributed by atoms with Crippen LogP contribution in [0.4, 0.5) is 5.69 Å². The zero-order valence-corrected chi connectivity index (χ0v) is 13.6. The maximum Gasteiger partial charge on any atom is 0.288 e. The van der Waals surface area contributed by atoms with E-state index >= 15 is 0 Å². The van der Waals surface area contributed by atoms with E-state index in [0.29, 0.717) is 11.3 Å². The highest BCUT2D eigenvalue weighted by Gasteiger charge is 2.12. The molecule has 0 fully saturated rings. The minimum atomic E-state index is -0.581. The first-order chi connectivity index (χ1) is 11.5. The van der Waals surface area contributed by atoms with Gasteiger partial charge in [-0.15, -0.1) is 11.3 Å². The molecule has 0 atom stereocenters. The van der Waals surface area contributed by atoms with Crippen LogP contribution in [0.25, 0.3) is 4.96 Å². The van der Waals surface area contributed by atoms with E-state index in [0.717, 1.165) is 4.96 Å². The van der Waals surface area contributed by atoms with Crippen molar-refractivity contribution >= 4 is 45.7 Å². The first kappa shape index (κ1) is 16.1. The Bertz CT molecular complexity index is 920. The third-order valence-electron chi connectivity index (χ3n) is 3.05. The number of hydrogen-bond acceptors (Lipinski definition) is 6. The van der Waals surface area contributed by atoms with Crippen LogP contribution in [0, 0.1) is 10.1 Å². The van der Waals surface area contributed by atoms with E-state index in [1.54, 1.807) is 12.3 Å². The smallest absolute Gasteiger partial charge is 0.288 e. The number of thiazole rings is 1.